The minimum Gasteiger partial charge on any atom is -0.294 e. The van der Waals surface area contributed by atoms with Crippen LogP contribution in [0.1, 0.15) is 17.9 Å². The van der Waals surface area contributed by atoms with E-state index in [1.165, 1.54) is 12.1 Å². The van der Waals surface area contributed by atoms with Crippen LogP contribution in [0.5, 0.6) is 0 Å². The summed E-state index contributed by atoms with van der Waals surface area (Å²) >= 11 is 7.70. The first-order valence-corrected chi connectivity index (χ1v) is 6.84. The van der Waals surface area contributed by atoms with Crippen LogP contribution in [0.2, 0.25) is 5.02 Å². The fourth-order valence-electron chi connectivity index (χ4n) is 2.47. The summed E-state index contributed by atoms with van der Waals surface area (Å²) in [5.41, 5.74) is 0.623. The van der Waals surface area contributed by atoms with E-state index in [2.05, 4.69) is 0 Å². The van der Waals surface area contributed by atoms with Crippen molar-refractivity contribution in [3.8, 4) is 0 Å². The molecule has 0 N–H and O–H groups in total. The van der Waals surface area contributed by atoms with Crippen molar-refractivity contribution in [3.63, 3.8) is 0 Å². The van der Waals surface area contributed by atoms with E-state index in [1.807, 2.05) is 5.41 Å². The summed E-state index contributed by atoms with van der Waals surface area (Å²) in [5, 5.41) is 2.27. The molecule has 1 spiro atoms. The highest BCUT2D eigenvalue weighted by molar-refractivity contribution is 8.02. The Hall–Kier alpha value is -0.800. The predicted octanol–water partition coefficient (Wildman–Crippen LogP) is 3.78. The lowest BCUT2D eigenvalue weighted by Crippen LogP contribution is -2.20. The zero-order chi connectivity index (χ0) is 12.0. The highest BCUT2D eigenvalue weighted by atomic mass is 35.5. The predicted molar refractivity (Wildman–Crippen MR) is 67.8 cm³/mol. The lowest BCUT2D eigenvalue weighted by Gasteiger charge is -2.17. The Kier molecular flexibility index (Phi) is 2.56. The standard InChI is InChI=1S/C13H10ClFOS/c14-11-5-8(15)1-2-9(11)10-6-13(10)7-17-4-3-12(13)16/h1-5,10H,6-7H2/t10-,13-/m1/s1. The van der Waals surface area contributed by atoms with E-state index in [9.17, 15) is 9.18 Å². The Morgan fingerprint density at radius 3 is 3.00 bits per heavy atom. The van der Waals surface area contributed by atoms with Crippen molar-refractivity contribution >= 4 is 29.1 Å². The number of halogens is 2. The Morgan fingerprint density at radius 1 is 1.47 bits per heavy atom. The van der Waals surface area contributed by atoms with Gasteiger partial charge in [0.25, 0.3) is 0 Å². The maximum Gasteiger partial charge on any atom is 0.163 e. The summed E-state index contributed by atoms with van der Waals surface area (Å²) in [7, 11) is 0. The lowest BCUT2D eigenvalue weighted by molar-refractivity contribution is -0.118. The minimum atomic E-state index is -0.335. The van der Waals surface area contributed by atoms with Gasteiger partial charge in [-0.15, -0.1) is 11.8 Å². The Balaban J connectivity index is 1.93. The van der Waals surface area contributed by atoms with Crippen LogP contribution in [-0.4, -0.2) is 11.5 Å². The molecule has 17 heavy (non-hydrogen) atoms. The van der Waals surface area contributed by atoms with E-state index in [4.69, 9.17) is 11.6 Å². The fraction of sp³-hybridized carbons (Fsp3) is 0.308. The molecule has 1 fully saturated rings. The monoisotopic (exact) mass is 268 g/mol. The van der Waals surface area contributed by atoms with Crippen molar-refractivity contribution in [1.82, 2.24) is 0 Å². The normalized spacial score (nSPS) is 30.9. The summed E-state index contributed by atoms with van der Waals surface area (Å²) in [4.78, 5) is 11.9. The molecule has 0 bridgehead atoms. The molecule has 1 heterocycles. The second-order valence-electron chi connectivity index (χ2n) is 4.56. The van der Waals surface area contributed by atoms with E-state index in [0.29, 0.717) is 5.02 Å². The van der Waals surface area contributed by atoms with Crippen molar-refractivity contribution in [2.24, 2.45) is 5.41 Å². The van der Waals surface area contributed by atoms with Gasteiger partial charge in [-0.2, -0.15) is 0 Å². The highest BCUT2D eigenvalue weighted by Crippen LogP contribution is 2.63. The maximum atomic E-state index is 13.0. The Labute approximate surface area is 108 Å². The number of rotatable bonds is 1. The lowest BCUT2D eigenvalue weighted by atomic mass is 9.96. The van der Waals surface area contributed by atoms with Crippen molar-refractivity contribution in [2.45, 2.75) is 12.3 Å². The van der Waals surface area contributed by atoms with Gasteiger partial charge in [-0.3, -0.25) is 4.79 Å². The quantitative estimate of drug-likeness (QED) is 0.771. The largest absolute Gasteiger partial charge is 0.294 e. The number of carbonyl (C=O) groups excluding carboxylic acids is 1. The number of thioether (sulfide) groups is 1. The van der Waals surface area contributed by atoms with Crippen molar-refractivity contribution in [3.05, 3.63) is 46.1 Å². The van der Waals surface area contributed by atoms with Crippen LogP contribution < -0.4 is 0 Å². The van der Waals surface area contributed by atoms with E-state index in [1.54, 1.807) is 23.9 Å². The summed E-state index contributed by atoms with van der Waals surface area (Å²) in [6, 6.07) is 4.43. The van der Waals surface area contributed by atoms with Crippen molar-refractivity contribution < 1.29 is 9.18 Å². The van der Waals surface area contributed by atoms with E-state index in [-0.39, 0.29) is 22.9 Å². The third-order valence-corrected chi connectivity index (χ3v) is 4.90. The van der Waals surface area contributed by atoms with E-state index in [0.717, 1.165) is 17.7 Å². The number of hydrogen-bond donors (Lipinski definition) is 0. The Morgan fingerprint density at radius 2 is 2.29 bits per heavy atom. The number of ketones is 1. The van der Waals surface area contributed by atoms with Gasteiger partial charge in [-0.1, -0.05) is 17.7 Å². The number of allylic oxidation sites excluding steroid dienone is 1. The highest BCUT2D eigenvalue weighted by Gasteiger charge is 2.60. The molecule has 4 heteroatoms. The average molecular weight is 269 g/mol. The van der Waals surface area contributed by atoms with Gasteiger partial charge in [0.15, 0.2) is 5.78 Å². The number of benzene rings is 1. The van der Waals surface area contributed by atoms with Gasteiger partial charge in [0.2, 0.25) is 0 Å². The molecule has 3 rings (SSSR count). The SMILES string of the molecule is O=C1C=CSC[C@@]12C[C@@H]2c1ccc(F)cc1Cl. The fourth-order valence-corrected chi connectivity index (χ4v) is 3.85. The van der Waals surface area contributed by atoms with E-state index < -0.39 is 0 Å². The minimum absolute atomic E-state index is 0.153. The molecule has 0 amide bonds. The second-order valence-corrected chi connectivity index (χ2v) is 5.86. The van der Waals surface area contributed by atoms with Crippen LogP contribution in [-0.2, 0) is 4.79 Å². The van der Waals surface area contributed by atoms with Gasteiger partial charge >= 0.3 is 0 Å². The van der Waals surface area contributed by atoms with Crippen LogP contribution in [0.4, 0.5) is 4.39 Å². The zero-order valence-electron chi connectivity index (χ0n) is 8.95. The van der Waals surface area contributed by atoms with Gasteiger partial charge in [0.1, 0.15) is 5.82 Å². The molecule has 0 radical (unpaired) electrons. The third-order valence-electron chi connectivity index (χ3n) is 3.56. The summed E-state index contributed by atoms with van der Waals surface area (Å²) in [6.45, 7) is 0. The molecule has 0 aromatic heterocycles. The molecule has 1 aliphatic heterocycles. The molecule has 1 saturated carbocycles. The summed E-state index contributed by atoms with van der Waals surface area (Å²) in [5.74, 6) is 0.806. The van der Waals surface area contributed by atoms with Crippen LogP contribution in [0.25, 0.3) is 0 Å². The van der Waals surface area contributed by atoms with Gasteiger partial charge in [0, 0.05) is 22.1 Å². The molecule has 1 aromatic carbocycles. The number of hydrogen-bond acceptors (Lipinski definition) is 2. The van der Waals surface area contributed by atoms with Crippen molar-refractivity contribution in [1.29, 1.82) is 0 Å². The van der Waals surface area contributed by atoms with Crippen molar-refractivity contribution in [2.75, 3.05) is 5.75 Å². The van der Waals surface area contributed by atoms with Crippen LogP contribution in [0.15, 0.2) is 29.7 Å². The molecule has 1 nitrogen and oxygen atoms in total. The molecular weight excluding hydrogens is 259 g/mol. The molecule has 1 aromatic rings. The first kappa shape index (κ1) is 11.3. The topological polar surface area (TPSA) is 17.1 Å². The Bertz CT molecular complexity index is 528. The molecular formula is C13H10ClFOS. The number of carbonyl (C=O) groups is 1. The average Bonchev–Trinajstić information content (AvgIpc) is 2.98. The molecule has 0 unspecified atom stereocenters. The first-order valence-electron chi connectivity index (χ1n) is 5.41. The van der Waals surface area contributed by atoms with Crippen LogP contribution in [0.3, 0.4) is 0 Å². The smallest absolute Gasteiger partial charge is 0.163 e. The van der Waals surface area contributed by atoms with Gasteiger partial charge in [-0.25, -0.2) is 4.39 Å². The van der Waals surface area contributed by atoms with Crippen LogP contribution in [0, 0.1) is 11.2 Å². The van der Waals surface area contributed by atoms with Gasteiger partial charge < -0.3 is 0 Å². The third kappa shape index (κ3) is 1.72. The summed E-state index contributed by atoms with van der Waals surface area (Å²) < 4.78 is 13.0. The maximum absolute atomic E-state index is 13.0. The molecule has 2 atom stereocenters. The van der Waals surface area contributed by atoms with Gasteiger partial charge in [0.05, 0.1) is 0 Å². The zero-order valence-corrected chi connectivity index (χ0v) is 10.5. The molecule has 0 saturated heterocycles. The van der Waals surface area contributed by atoms with Gasteiger partial charge in [-0.05, 0) is 35.6 Å². The molecule has 1 aliphatic carbocycles. The van der Waals surface area contributed by atoms with E-state index >= 15 is 0 Å². The first-order chi connectivity index (χ1) is 8.13. The summed E-state index contributed by atoms with van der Waals surface area (Å²) in [6.07, 6.45) is 2.47. The molecule has 2 aliphatic rings. The van der Waals surface area contributed by atoms with Crippen LogP contribution >= 0.6 is 23.4 Å². The molecule has 88 valence electrons. The second kappa shape index (κ2) is 3.85.